The number of ether oxygens (including phenoxy) is 1. The van der Waals surface area contributed by atoms with Crippen molar-refractivity contribution in [3.8, 4) is 5.75 Å². The van der Waals surface area contributed by atoms with E-state index in [0.29, 0.717) is 29.8 Å². The summed E-state index contributed by atoms with van der Waals surface area (Å²) >= 11 is 0. The van der Waals surface area contributed by atoms with Crippen LogP contribution in [0.15, 0.2) is 48.5 Å². The monoisotopic (exact) mass is 381 g/mol. The minimum absolute atomic E-state index is 0.168. The van der Waals surface area contributed by atoms with Crippen LogP contribution >= 0.6 is 0 Å². The quantitative estimate of drug-likeness (QED) is 0.835. The maximum atomic E-state index is 12.4. The molecule has 1 fully saturated rings. The van der Waals surface area contributed by atoms with Crippen LogP contribution in [-0.4, -0.2) is 41.6 Å². The maximum absolute atomic E-state index is 12.4. The molecule has 0 unspecified atom stereocenters. The van der Waals surface area contributed by atoms with Gasteiger partial charge in [0.1, 0.15) is 11.4 Å². The van der Waals surface area contributed by atoms with Gasteiger partial charge in [-0.1, -0.05) is 43.3 Å². The van der Waals surface area contributed by atoms with Crippen molar-refractivity contribution >= 4 is 0 Å². The molecule has 7 heteroatoms. The highest BCUT2D eigenvalue weighted by Crippen LogP contribution is 2.50. The molecule has 0 saturated carbocycles. The van der Waals surface area contributed by atoms with Gasteiger partial charge in [-0.3, -0.25) is 0 Å². The van der Waals surface area contributed by atoms with Crippen LogP contribution in [0.1, 0.15) is 23.6 Å². The van der Waals surface area contributed by atoms with Crippen LogP contribution in [0, 0.1) is 5.41 Å². The number of alkyl halides is 3. The Morgan fingerprint density at radius 3 is 2.22 bits per heavy atom. The lowest BCUT2D eigenvalue weighted by atomic mass is 9.62. The summed E-state index contributed by atoms with van der Waals surface area (Å²) in [5.41, 5.74) is -0.250. The first-order valence-electron chi connectivity index (χ1n) is 8.55. The summed E-state index contributed by atoms with van der Waals surface area (Å²) in [7, 11) is 1.94. The van der Waals surface area contributed by atoms with E-state index in [4.69, 9.17) is 0 Å². The molecule has 2 aromatic carbocycles. The van der Waals surface area contributed by atoms with Gasteiger partial charge in [0.15, 0.2) is 0 Å². The highest BCUT2D eigenvalue weighted by Gasteiger charge is 2.55. The third-order valence-corrected chi connectivity index (χ3v) is 5.14. The second-order valence-electron chi connectivity index (χ2n) is 7.37. The van der Waals surface area contributed by atoms with Gasteiger partial charge in [0, 0.05) is 18.5 Å². The van der Waals surface area contributed by atoms with Crippen LogP contribution in [0.3, 0.4) is 0 Å². The van der Waals surface area contributed by atoms with E-state index in [1.54, 1.807) is 24.3 Å². The number of nitrogens with zero attached hydrogens (tertiary/aromatic N) is 1. The Bertz CT molecular complexity index is 801. The molecule has 3 rings (SSSR count). The topological polar surface area (TPSA) is 52.9 Å². The third-order valence-electron chi connectivity index (χ3n) is 5.14. The van der Waals surface area contributed by atoms with Gasteiger partial charge in [-0.25, -0.2) is 0 Å². The van der Waals surface area contributed by atoms with Crippen LogP contribution in [0.2, 0.25) is 0 Å². The molecule has 1 aliphatic rings. The predicted molar refractivity (Wildman–Crippen MR) is 94.1 cm³/mol. The van der Waals surface area contributed by atoms with Crippen molar-refractivity contribution < 1.29 is 28.1 Å². The van der Waals surface area contributed by atoms with E-state index in [2.05, 4.69) is 9.64 Å². The molecule has 1 atom stereocenters. The van der Waals surface area contributed by atoms with Gasteiger partial charge in [-0.15, -0.1) is 13.2 Å². The molecule has 0 aromatic heterocycles. The van der Waals surface area contributed by atoms with Crippen LogP contribution in [0.4, 0.5) is 13.2 Å². The molecule has 1 aliphatic heterocycles. The molecule has 146 valence electrons. The summed E-state index contributed by atoms with van der Waals surface area (Å²) in [4.78, 5) is 2.06. The number of halogens is 3. The molecular formula is C20H22F3NO3. The van der Waals surface area contributed by atoms with Crippen molar-refractivity contribution in [1.82, 2.24) is 4.90 Å². The first-order valence-corrected chi connectivity index (χ1v) is 8.55. The molecule has 27 heavy (non-hydrogen) atoms. The second kappa shape index (κ2) is 6.82. The zero-order valence-corrected chi connectivity index (χ0v) is 15.1. The molecular weight excluding hydrogens is 359 g/mol. The molecule has 0 bridgehead atoms. The van der Waals surface area contributed by atoms with Gasteiger partial charge in [-0.05, 0) is 35.9 Å². The Kier molecular flexibility index (Phi) is 4.96. The Labute approximate surface area is 155 Å². The number of aliphatic hydroxyl groups is 2. The molecule has 0 spiro atoms. The molecule has 4 nitrogen and oxygen atoms in total. The number of benzene rings is 2. The van der Waals surface area contributed by atoms with E-state index >= 15 is 0 Å². The number of hydrogen-bond donors (Lipinski definition) is 2. The van der Waals surface area contributed by atoms with E-state index in [1.165, 1.54) is 24.3 Å². The van der Waals surface area contributed by atoms with Crippen molar-refractivity contribution in [2.24, 2.45) is 5.41 Å². The number of hydrogen-bond acceptors (Lipinski definition) is 4. The minimum Gasteiger partial charge on any atom is -0.406 e. The van der Waals surface area contributed by atoms with Crippen molar-refractivity contribution in [2.75, 3.05) is 20.1 Å². The van der Waals surface area contributed by atoms with E-state index in [1.807, 2.05) is 14.0 Å². The normalized spacial score (nSPS) is 19.2. The zero-order valence-electron chi connectivity index (χ0n) is 15.1. The molecule has 2 N–H and O–H groups in total. The van der Waals surface area contributed by atoms with E-state index in [9.17, 15) is 23.4 Å². The standard InChI is InChI=1S/C20H22F3NO3/c1-18(12-24(2)13-18)19(26,16-5-3-4-14(10-16)11-25)15-6-8-17(9-7-15)27-20(21,22)23/h3-10,25-26H,11-13H2,1-2H3/t19-/m0/s1. The maximum Gasteiger partial charge on any atom is 0.573 e. The summed E-state index contributed by atoms with van der Waals surface area (Å²) < 4.78 is 41.2. The highest BCUT2D eigenvalue weighted by molar-refractivity contribution is 5.43. The van der Waals surface area contributed by atoms with Crippen molar-refractivity contribution in [1.29, 1.82) is 0 Å². The summed E-state index contributed by atoms with van der Waals surface area (Å²) in [5.74, 6) is -0.339. The van der Waals surface area contributed by atoms with Crippen LogP contribution in [0.25, 0.3) is 0 Å². The van der Waals surface area contributed by atoms with Gasteiger partial charge >= 0.3 is 6.36 Å². The molecule has 0 aliphatic carbocycles. The number of likely N-dealkylation sites (tertiary alicyclic amines) is 1. The van der Waals surface area contributed by atoms with Gasteiger partial charge in [-0.2, -0.15) is 0 Å². The Morgan fingerprint density at radius 2 is 1.70 bits per heavy atom. The van der Waals surface area contributed by atoms with Crippen molar-refractivity contribution in [3.63, 3.8) is 0 Å². The summed E-state index contributed by atoms with van der Waals surface area (Å²) in [6.07, 6.45) is -4.77. The lowest BCUT2D eigenvalue weighted by molar-refractivity contribution is -0.274. The van der Waals surface area contributed by atoms with Crippen LogP contribution in [-0.2, 0) is 12.2 Å². The molecule has 2 aromatic rings. The fraction of sp³-hybridized carbons (Fsp3) is 0.400. The third kappa shape index (κ3) is 3.67. The van der Waals surface area contributed by atoms with E-state index < -0.39 is 17.4 Å². The SMILES string of the molecule is CN1CC(C)([C@](O)(c2ccc(OC(F)(F)F)cc2)c2cccc(CO)c2)C1. The fourth-order valence-electron chi connectivity index (χ4n) is 4.03. The molecule has 1 saturated heterocycles. The molecule has 0 amide bonds. The van der Waals surface area contributed by atoms with Gasteiger partial charge < -0.3 is 19.8 Å². The average molecular weight is 381 g/mol. The second-order valence-corrected chi connectivity index (χ2v) is 7.37. The average Bonchev–Trinajstić information content (AvgIpc) is 2.59. The first kappa shape index (κ1) is 19.7. The van der Waals surface area contributed by atoms with Gasteiger partial charge in [0.2, 0.25) is 0 Å². The number of aliphatic hydroxyl groups excluding tert-OH is 1. The van der Waals surface area contributed by atoms with Gasteiger partial charge in [0.05, 0.1) is 6.61 Å². The highest BCUT2D eigenvalue weighted by atomic mass is 19.4. The predicted octanol–water partition coefficient (Wildman–Crippen LogP) is 3.27. The van der Waals surface area contributed by atoms with E-state index in [-0.39, 0.29) is 12.4 Å². The Balaban J connectivity index is 2.05. The van der Waals surface area contributed by atoms with E-state index in [0.717, 1.165) is 0 Å². The fourth-order valence-corrected chi connectivity index (χ4v) is 4.03. The lowest BCUT2D eigenvalue weighted by Crippen LogP contribution is -2.63. The van der Waals surface area contributed by atoms with Crippen LogP contribution < -0.4 is 4.74 Å². The van der Waals surface area contributed by atoms with Gasteiger partial charge in [0.25, 0.3) is 0 Å². The van der Waals surface area contributed by atoms with Crippen molar-refractivity contribution in [2.45, 2.75) is 25.5 Å². The zero-order chi connectivity index (χ0) is 19.9. The molecule has 1 heterocycles. The summed E-state index contributed by atoms with van der Waals surface area (Å²) in [6.45, 7) is 3.01. The molecule has 0 radical (unpaired) electrons. The minimum atomic E-state index is -4.77. The van der Waals surface area contributed by atoms with Crippen molar-refractivity contribution in [3.05, 3.63) is 65.2 Å². The summed E-state index contributed by atoms with van der Waals surface area (Å²) in [6, 6.07) is 12.3. The lowest BCUT2D eigenvalue weighted by Gasteiger charge is -2.56. The Hall–Kier alpha value is -2.09. The van der Waals surface area contributed by atoms with Crippen LogP contribution in [0.5, 0.6) is 5.75 Å². The Morgan fingerprint density at radius 1 is 1.07 bits per heavy atom. The smallest absolute Gasteiger partial charge is 0.406 e. The first-order chi connectivity index (χ1) is 12.6. The number of rotatable bonds is 5. The summed E-state index contributed by atoms with van der Waals surface area (Å²) in [5, 5.41) is 21.3. The largest absolute Gasteiger partial charge is 0.573 e.